The maximum absolute atomic E-state index is 14.0. The molecule has 4 rings (SSSR count). The van der Waals surface area contributed by atoms with Crippen LogP contribution in [0.4, 0.5) is 10.1 Å². The number of carbonyl (C=O) groups excluding carboxylic acids is 1. The van der Waals surface area contributed by atoms with Gasteiger partial charge in [-0.25, -0.2) is 9.07 Å². The molecule has 0 unspecified atom stereocenters. The Balaban J connectivity index is 1.56. The summed E-state index contributed by atoms with van der Waals surface area (Å²) >= 11 is 1.21. The number of nitrogen functional groups attached to an aromatic ring is 1. The van der Waals surface area contributed by atoms with E-state index >= 15 is 0 Å². The Labute approximate surface area is 166 Å². The van der Waals surface area contributed by atoms with Gasteiger partial charge in [-0.3, -0.25) is 4.79 Å². The average Bonchev–Trinajstić information content (AvgIpc) is 3.21. The van der Waals surface area contributed by atoms with Gasteiger partial charge in [0.1, 0.15) is 5.82 Å². The first-order valence-electron chi connectivity index (χ1n) is 9.00. The number of thioether (sulfide) groups is 1. The number of carbonyl (C=O) groups is 1. The second-order valence-electron chi connectivity index (χ2n) is 6.81. The number of fused-ring (bicyclic) bond motifs is 1. The number of amides is 1. The predicted molar refractivity (Wildman–Crippen MR) is 108 cm³/mol. The monoisotopic (exact) mass is 397 g/mol. The lowest BCUT2D eigenvalue weighted by atomic mass is 10.1. The third-order valence-electron chi connectivity index (χ3n) is 4.85. The van der Waals surface area contributed by atoms with Crippen molar-refractivity contribution in [1.82, 2.24) is 14.9 Å². The molecule has 1 amide bonds. The zero-order valence-corrected chi connectivity index (χ0v) is 16.4. The fourth-order valence-electron chi connectivity index (χ4n) is 3.49. The molecule has 1 aromatic heterocycles. The zero-order chi connectivity index (χ0) is 19.8. The summed E-state index contributed by atoms with van der Waals surface area (Å²) in [6.07, 6.45) is 0.837. The molecule has 28 heavy (non-hydrogen) atoms. The first kappa shape index (κ1) is 18.5. The summed E-state index contributed by atoms with van der Waals surface area (Å²) in [6.45, 7) is 3.86. The van der Waals surface area contributed by atoms with E-state index in [2.05, 4.69) is 10.2 Å². The molecule has 144 valence electrons. The molecule has 0 saturated carbocycles. The van der Waals surface area contributed by atoms with Crippen LogP contribution in [0.5, 0.6) is 0 Å². The van der Waals surface area contributed by atoms with E-state index in [0.717, 1.165) is 12.1 Å². The van der Waals surface area contributed by atoms with Crippen LogP contribution >= 0.6 is 11.8 Å². The van der Waals surface area contributed by atoms with Crippen LogP contribution in [0.1, 0.15) is 19.4 Å². The molecule has 0 aliphatic carbocycles. The highest BCUT2D eigenvalue weighted by Crippen LogP contribution is 2.35. The Morgan fingerprint density at radius 3 is 2.71 bits per heavy atom. The third-order valence-corrected chi connectivity index (χ3v) is 5.90. The Bertz CT molecular complexity index is 1040. The molecule has 2 N–H and O–H groups in total. The minimum atomic E-state index is -0.426. The van der Waals surface area contributed by atoms with Crippen molar-refractivity contribution in [3.05, 3.63) is 59.9 Å². The van der Waals surface area contributed by atoms with E-state index in [9.17, 15) is 9.18 Å². The van der Waals surface area contributed by atoms with E-state index in [-0.39, 0.29) is 23.3 Å². The van der Waals surface area contributed by atoms with E-state index in [1.54, 1.807) is 18.2 Å². The molecular formula is C20H20FN5OS. The number of halogens is 1. The number of anilines is 1. The molecule has 0 bridgehead atoms. The molecule has 3 aromatic rings. The largest absolute Gasteiger partial charge is 0.335 e. The first-order valence-corrected chi connectivity index (χ1v) is 9.88. The smallest absolute Gasteiger partial charge is 0.240 e. The lowest BCUT2D eigenvalue weighted by molar-refractivity contribution is -0.118. The highest BCUT2D eigenvalue weighted by molar-refractivity contribution is 8.00. The van der Waals surface area contributed by atoms with Crippen molar-refractivity contribution in [1.29, 1.82) is 0 Å². The van der Waals surface area contributed by atoms with Gasteiger partial charge in [0, 0.05) is 11.7 Å². The van der Waals surface area contributed by atoms with Gasteiger partial charge >= 0.3 is 0 Å². The Morgan fingerprint density at radius 2 is 1.93 bits per heavy atom. The average molecular weight is 397 g/mol. The maximum Gasteiger partial charge on any atom is 0.240 e. The van der Waals surface area contributed by atoms with E-state index in [4.69, 9.17) is 5.84 Å². The standard InChI is InChI=1S/C20H20FN5OS/c1-12-11-14-7-3-6-10-17(14)25(12)19(27)13(2)28-20-24-23-18(26(20)22)15-8-4-5-9-16(15)21/h3-10,12-13H,11,22H2,1-2H3/t12-,13-/m1/s1. The molecule has 0 radical (unpaired) electrons. The van der Waals surface area contributed by atoms with Gasteiger partial charge in [0.2, 0.25) is 11.1 Å². The molecule has 0 fully saturated rings. The molecule has 1 aliphatic rings. The van der Waals surface area contributed by atoms with Gasteiger partial charge in [-0.1, -0.05) is 42.1 Å². The van der Waals surface area contributed by atoms with E-state index in [0.29, 0.717) is 5.16 Å². The Hall–Kier alpha value is -2.87. The van der Waals surface area contributed by atoms with Crippen molar-refractivity contribution in [2.24, 2.45) is 0 Å². The van der Waals surface area contributed by atoms with Crippen molar-refractivity contribution in [3.8, 4) is 11.4 Å². The molecule has 2 aromatic carbocycles. The number of nitrogens with zero attached hydrogens (tertiary/aromatic N) is 4. The lowest BCUT2D eigenvalue weighted by Crippen LogP contribution is -2.40. The highest BCUT2D eigenvalue weighted by Gasteiger charge is 2.34. The van der Waals surface area contributed by atoms with Crippen molar-refractivity contribution in [2.45, 2.75) is 36.7 Å². The van der Waals surface area contributed by atoms with Gasteiger partial charge < -0.3 is 10.7 Å². The second kappa shape index (κ2) is 7.27. The number of rotatable bonds is 4. The fraction of sp³-hybridized carbons (Fsp3) is 0.250. The van der Waals surface area contributed by atoms with Crippen molar-refractivity contribution < 1.29 is 9.18 Å². The van der Waals surface area contributed by atoms with Crippen LogP contribution < -0.4 is 10.7 Å². The van der Waals surface area contributed by atoms with E-state index in [1.807, 2.05) is 43.0 Å². The van der Waals surface area contributed by atoms with Crippen molar-refractivity contribution >= 4 is 23.4 Å². The molecule has 8 heteroatoms. The van der Waals surface area contributed by atoms with Gasteiger partial charge in [0.25, 0.3) is 0 Å². The van der Waals surface area contributed by atoms with Gasteiger partial charge in [-0.2, -0.15) is 0 Å². The molecule has 2 atom stereocenters. The zero-order valence-electron chi connectivity index (χ0n) is 15.5. The fourth-order valence-corrected chi connectivity index (χ4v) is 4.31. The van der Waals surface area contributed by atoms with Crippen molar-refractivity contribution in [3.63, 3.8) is 0 Å². The summed E-state index contributed by atoms with van der Waals surface area (Å²) in [6, 6.07) is 14.3. The molecular weight excluding hydrogens is 377 g/mol. The number of hydrogen-bond acceptors (Lipinski definition) is 5. The number of nitrogens with two attached hydrogens (primary N) is 1. The van der Waals surface area contributed by atoms with Crippen LogP contribution in [0.15, 0.2) is 53.7 Å². The van der Waals surface area contributed by atoms with Crippen LogP contribution in [-0.2, 0) is 11.2 Å². The van der Waals surface area contributed by atoms with E-state index < -0.39 is 11.1 Å². The highest BCUT2D eigenvalue weighted by atomic mass is 32.2. The topological polar surface area (TPSA) is 77.0 Å². The summed E-state index contributed by atoms with van der Waals surface area (Å²) in [4.78, 5) is 14.9. The first-order chi connectivity index (χ1) is 13.5. The van der Waals surface area contributed by atoms with Gasteiger partial charge in [-0.15, -0.1) is 10.2 Å². The quantitative estimate of drug-likeness (QED) is 0.540. The lowest BCUT2D eigenvalue weighted by Gasteiger charge is -2.25. The summed E-state index contributed by atoms with van der Waals surface area (Å²) in [5.74, 6) is 5.87. The van der Waals surface area contributed by atoms with E-state index in [1.165, 1.54) is 28.1 Å². The molecule has 0 saturated heterocycles. The SMILES string of the molecule is C[C@@H]1Cc2ccccc2N1C(=O)[C@@H](C)Sc1nnc(-c2ccccc2F)n1N. The predicted octanol–water partition coefficient (Wildman–Crippen LogP) is 3.26. The minimum absolute atomic E-state index is 0.0158. The molecule has 2 heterocycles. The van der Waals surface area contributed by atoms with Crippen LogP contribution in [0.3, 0.4) is 0 Å². The van der Waals surface area contributed by atoms with Gasteiger partial charge in [0.05, 0.1) is 10.8 Å². The third kappa shape index (κ3) is 3.13. The van der Waals surface area contributed by atoms with Gasteiger partial charge in [-0.05, 0) is 44.0 Å². The molecule has 6 nitrogen and oxygen atoms in total. The number of benzene rings is 2. The number of hydrogen-bond donors (Lipinski definition) is 1. The van der Waals surface area contributed by atoms with Crippen molar-refractivity contribution in [2.75, 3.05) is 10.7 Å². The van der Waals surface area contributed by atoms with Crippen LogP contribution in [0.25, 0.3) is 11.4 Å². The van der Waals surface area contributed by atoms with Crippen LogP contribution in [0.2, 0.25) is 0 Å². The maximum atomic E-state index is 14.0. The summed E-state index contributed by atoms with van der Waals surface area (Å²) in [5, 5.41) is 8.01. The van der Waals surface area contributed by atoms with Crippen LogP contribution in [0, 0.1) is 5.82 Å². The normalized spacial score (nSPS) is 16.8. The van der Waals surface area contributed by atoms with Crippen LogP contribution in [-0.4, -0.2) is 32.1 Å². The summed E-state index contributed by atoms with van der Waals surface area (Å²) in [5.41, 5.74) is 2.39. The number of aromatic nitrogens is 3. The second-order valence-corrected chi connectivity index (χ2v) is 8.11. The molecule has 1 aliphatic heterocycles. The minimum Gasteiger partial charge on any atom is -0.335 e. The summed E-state index contributed by atoms with van der Waals surface area (Å²) < 4.78 is 15.3. The molecule has 0 spiro atoms. The van der Waals surface area contributed by atoms with Gasteiger partial charge in [0.15, 0.2) is 5.82 Å². The Kier molecular flexibility index (Phi) is 4.80. The number of para-hydroxylation sites is 1. The summed E-state index contributed by atoms with van der Waals surface area (Å²) in [7, 11) is 0. The Morgan fingerprint density at radius 1 is 1.21 bits per heavy atom.